The fourth-order valence-corrected chi connectivity index (χ4v) is 3.60. The second-order valence-corrected chi connectivity index (χ2v) is 8.38. The first-order valence-corrected chi connectivity index (χ1v) is 11.9. The average molecular weight is 384 g/mol. The third kappa shape index (κ3) is 13.4. The van der Waals surface area contributed by atoms with Crippen molar-refractivity contribution >= 4 is 7.82 Å². The minimum atomic E-state index is -4.45. The Morgan fingerprint density at radius 1 is 0.731 bits per heavy atom. The lowest BCUT2D eigenvalue weighted by Crippen LogP contribution is -1.91. The van der Waals surface area contributed by atoms with E-state index in [1.165, 1.54) is 82.6 Å². The zero-order valence-electron chi connectivity index (χ0n) is 16.4. The number of hydrogen-bond acceptors (Lipinski definition) is 2. The molecular formula is C21H37O4P. The summed E-state index contributed by atoms with van der Waals surface area (Å²) in [7, 11) is -4.45. The number of benzene rings is 1. The summed E-state index contributed by atoms with van der Waals surface area (Å²) in [4.78, 5) is 17.5. The van der Waals surface area contributed by atoms with Gasteiger partial charge in [-0.15, -0.1) is 0 Å². The predicted octanol–water partition coefficient (Wildman–Crippen LogP) is 6.79. The van der Waals surface area contributed by atoms with Crippen molar-refractivity contribution in [2.24, 2.45) is 0 Å². The number of aryl methyl sites for hydroxylation is 1. The van der Waals surface area contributed by atoms with Gasteiger partial charge in [-0.25, -0.2) is 4.57 Å². The first-order chi connectivity index (χ1) is 12.5. The molecule has 0 saturated carbocycles. The van der Waals surface area contributed by atoms with E-state index in [-0.39, 0.29) is 5.75 Å². The Kier molecular flexibility index (Phi) is 12.7. The van der Waals surface area contributed by atoms with Crippen LogP contribution in [0.2, 0.25) is 0 Å². The molecule has 0 saturated heterocycles. The predicted molar refractivity (Wildman–Crippen MR) is 109 cm³/mol. The molecule has 0 spiro atoms. The highest BCUT2D eigenvalue weighted by molar-refractivity contribution is 7.46. The van der Waals surface area contributed by atoms with Crippen LogP contribution in [0.3, 0.4) is 0 Å². The Bertz CT molecular complexity index is 495. The van der Waals surface area contributed by atoms with Crippen LogP contribution in [-0.4, -0.2) is 9.79 Å². The summed E-state index contributed by atoms with van der Waals surface area (Å²) in [6, 6.07) is 7.00. The third-order valence-electron chi connectivity index (χ3n) is 4.72. The molecule has 5 heteroatoms. The largest absolute Gasteiger partial charge is 0.524 e. The molecule has 0 unspecified atom stereocenters. The van der Waals surface area contributed by atoms with Crippen molar-refractivity contribution in [3.05, 3.63) is 29.8 Å². The third-order valence-corrected chi connectivity index (χ3v) is 5.17. The molecule has 0 aliphatic carbocycles. The average Bonchev–Trinajstić information content (AvgIpc) is 2.59. The normalized spacial score (nSPS) is 11.7. The van der Waals surface area contributed by atoms with E-state index in [9.17, 15) is 4.57 Å². The molecule has 0 aromatic heterocycles. The van der Waals surface area contributed by atoms with E-state index in [1.54, 1.807) is 12.1 Å². The first kappa shape index (κ1) is 23.2. The molecule has 2 N–H and O–H groups in total. The van der Waals surface area contributed by atoms with Crippen LogP contribution < -0.4 is 4.52 Å². The highest BCUT2D eigenvalue weighted by Crippen LogP contribution is 2.37. The van der Waals surface area contributed by atoms with Crippen molar-refractivity contribution in [1.82, 2.24) is 0 Å². The van der Waals surface area contributed by atoms with Crippen molar-refractivity contribution in [3.63, 3.8) is 0 Å². The van der Waals surface area contributed by atoms with E-state index >= 15 is 0 Å². The maximum absolute atomic E-state index is 10.8. The van der Waals surface area contributed by atoms with Crippen LogP contribution in [0.15, 0.2) is 24.3 Å². The Balaban J connectivity index is 1.93. The second-order valence-electron chi connectivity index (χ2n) is 7.22. The van der Waals surface area contributed by atoms with Gasteiger partial charge in [0.05, 0.1) is 0 Å². The van der Waals surface area contributed by atoms with Crippen LogP contribution in [0.25, 0.3) is 0 Å². The van der Waals surface area contributed by atoms with Gasteiger partial charge in [0.15, 0.2) is 0 Å². The summed E-state index contributed by atoms with van der Waals surface area (Å²) in [5.41, 5.74) is 1.19. The zero-order chi connectivity index (χ0) is 19.1. The second kappa shape index (κ2) is 14.3. The lowest BCUT2D eigenvalue weighted by Gasteiger charge is -2.07. The van der Waals surface area contributed by atoms with Crippen molar-refractivity contribution in [3.8, 4) is 5.75 Å². The molecule has 1 aromatic carbocycles. The molecule has 4 nitrogen and oxygen atoms in total. The minimum absolute atomic E-state index is 0.215. The van der Waals surface area contributed by atoms with Crippen LogP contribution in [-0.2, 0) is 11.0 Å². The van der Waals surface area contributed by atoms with Gasteiger partial charge in [-0.1, -0.05) is 96.1 Å². The van der Waals surface area contributed by atoms with E-state index in [4.69, 9.17) is 9.79 Å². The molecule has 150 valence electrons. The Hall–Kier alpha value is -0.830. The molecule has 1 aromatic rings. The molecule has 0 atom stereocenters. The van der Waals surface area contributed by atoms with Gasteiger partial charge in [-0.05, 0) is 30.5 Å². The first-order valence-electron chi connectivity index (χ1n) is 10.4. The van der Waals surface area contributed by atoms with Crippen LogP contribution in [0, 0.1) is 0 Å². The van der Waals surface area contributed by atoms with E-state index < -0.39 is 7.82 Å². The molecule has 26 heavy (non-hydrogen) atoms. The Labute approximate surface area is 159 Å². The molecule has 0 amide bonds. The summed E-state index contributed by atoms with van der Waals surface area (Å²) < 4.78 is 15.3. The summed E-state index contributed by atoms with van der Waals surface area (Å²) in [5.74, 6) is 0.215. The number of unbranched alkanes of at least 4 members (excludes halogenated alkanes) is 12. The van der Waals surface area contributed by atoms with Gasteiger partial charge in [-0.2, -0.15) is 0 Å². The lowest BCUT2D eigenvalue weighted by molar-refractivity contribution is 0.283. The number of hydrogen-bond donors (Lipinski definition) is 2. The summed E-state index contributed by atoms with van der Waals surface area (Å²) in [5, 5.41) is 0. The van der Waals surface area contributed by atoms with Gasteiger partial charge in [0.2, 0.25) is 0 Å². The van der Waals surface area contributed by atoms with E-state index in [2.05, 4.69) is 11.4 Å². The van der Waals surface area contributed by atoms with E-state index in [0.717, 1.165) is 12.8 Å². The van der Waals surface area contributed by atoms with E-state index in [1.807, 2.05) is 12.1 Å². The van der Waals surface area contributed by atoms with Crippen LogP contribution in [0.5, 0.6) is 5.75 Å². The maximum Gasteiger partial charge on any atom is 0.524 e. The van der Waals surface area contributed by atoms with Gasteiger partial charge in [-0.3, -0.25) is 9.79 Å². The molecule has 1 rings (SSSR count). The van der Waals surface area contributed by atoms with Gasteiger partial charge in [0.25, 0.3) is 0 Å². The summed E-state index contributed by atoms with van der Waals surface area (Å²) >= 11 is 0. The van der Waals surface area contributed by atoms with Crippen LogP contribution in [0.4, 0.5) is 0 Å². The van der Waals surface area contributed by atoms with Crippen molar-refractivity contribution in [2.75, 3.05) is 0 Å². The lowest BCUT2D eigenvalue weighted by atomic mass is 10.0. The highest BCUT2D eigenvalue weighted by Gasteiger charge is 2.15. The standard InChI is InChI=1S/C21H37O4P/c1-2-3-4-5-6-7-8-9-10-11-12-13-14-15-20-16-18-21(19-17-20)25-26(22,23)24/h16-19H,2-15H2,1H3,(H2,22,23,24). The van der Waals surface area contributed by atoms with Crippen LogP contribution in [0.1, 0.15) is 96.0 Å². The molecule has 0 aliphatic rings. The minimum Gasteiger partial charge on any atom is -0.404 e. The fourth-order valence-electron chi connectivity index (χ4n) is 3.20. The molecule has 0 fully saturated rings. The highest BCUT2D eigenvalue weighted by atomic mass is 31.2. The van der Waals surface area contributed by atoms with E-state index in [0.29, 0.717) is 0 Å². The Morgan fingerprint density at radius 3 is 1.58 bits per heavy atom. The Morgan fingerprint density at radius 2 is 1.15 bits per heavy atom. The summed E-state index contributed by atoms with van der Waals surface area (Å²) in [6.07, 6.45) is 18.6. The fraction of sp³-hybridized carbons (Fsp3) is 0.714. The zero-order valence-corrected chi connectivity index (χ0v) is 17.3. The molecule has 0 aliphatic heterocycles. The number of phosphoric acid groups is 1. The number of phosphoric ester groups is 1. The smallest absolute Gasteiger partial charge is 0.404 e. The topological polar surface area (TPSA) is 66.8 Å². The molecule has 0 bridgehead atoms. The SMILES string of the molecule is CCCCCCCCCCCCCCCc1ccc(OP(=O)(O)O)cc1. The molecular weight excluding hydrogens is 347 g/mol. The quantitative estimate of drug-likeness (QED) is 0.243. The van der Waals surface area contributed by atoms with Gasteiger partial charge in [0, 0.05) is 0 Å². The number of rotatable bonds is 16. The molecule has 0 heterocycles. The van der Waals surface area contributed by atoms with Crippen molar-refractivity contribution in [2.45, 2.75) is 96.8 Å². The van der Waals surface area contributed by atoms with Crippen LogP contribution >= 0.6 is 7.82 Å². The van der Waals surface area contributed by atoms with Crippen molar-refractivity contribution in [1.29, 1.82) is 0 Å². The summed E-state index contributed by atoms with van der Waals surface area (Å²) in [6.45, 7) is 2.26. The van der Waals surface area contributed by atoms with Gasteiger partial charge >= 0.3 is 7.82 Å². The van der Waals surface area contributed by atoms with Gasteiger partial charge < -0.3 is 4.52 Å². The molecule has 0 radical (unpaired) electrons. The van der Waals surface area contributed by atoms with Gasteiger partial charge in [0.1, 0.15) is 5.75 Å². The van der Waals surface area contributed by atoms with Crippen molar-refractivity contribution < 1.29 is 18.9 Å². The maximum atomic E-state index is 10.8. The monoisotopic (exact) mass is 384 g/mol.